The molecule has 1 aromatic carbocycles. The van der Waals surface area contributed by atoms with E-state index in [1.165, 1.54) is 31.2 Å². The number of nitrogens with one attached hydrogen (secondary N) is 1. The van der Waals surface area contributed by atoms with E-state index in [-0.39, 0.29) is 5.41 Å². The van der Waals surface area contributed by atoms with Crippen LogP contribution in [0.2, 0.25) is 0 Å². The fraction of sp³-hybridized carbons (Fsp3) is 0.667. The molecular formula is C18H27NO2. The molecule has 0 heterocycles. The molecule has 0 bridgehead atoms. The molecule has 0 spiro atoms. The Hall–Kier alpha value is -1.06. The van der Waals surface area contributed by atoms with Gasteiger partial charge in [-0.1, -0.05) is 31.0 Å². The van der Waals surface area contributed by atoms with Gasteiger partial charge >= 0.3 is 0 Å². The molecule has 1 atom stereocenters. The maximum Gasteiger partial charge on any atom is 0.123 e. The van der Waals surface area contributed by atoms with E-state index in [0.717, 1.165) is 25.1 Å². The second-order valence-corrected chi connectivity index (χ2v) is 6.80. The minimum atomic E-state index is 0.152. The van der Waals surface area contributed by atoms with E-state index < -0.39 is 0 Å². The molecule has 21 heavy (non-hydrogen) atoms. The van der Waals surface area contributed by atoms with Gasteiger partial charge in [-0.05, 0) is 37.7 Å². The molecule has 2 aliphatic rings. The quantitative estimate of drug-likeness (QED) is 0.809. The Kier molecular flexibility index (Phi) is 4.51. The van der Waals surface area contributed by atoms with Crippen molar-refractivity contribution in [2.24, 2.45) is 11.3 Å². The number of ether oxygens (including phenoxy) is 1. The molecule has 0 amide bonds. The van der Waals surface area contributed by atoms with Crippen molar-refractivity contribution in [1.82, 2.24) is 5.32 Å². The van der Waals surface area contributed by atoms with Gasteiger partial charge in [0.2, 0.25) is 0 Å². The molecule has 2 N–H and O–H groups in total. The van der Waals surface area contributed by atoms with Gasteiger partial charge in [0.1, 0.15) is 5.75 Å². The van der Waals surface area contributed by atoms with Crippen LogP contribution in [0.4, 0.5) is 0 Å². The molecule has 0 aliphatic heterocycles. The lowest BCUT2D eigenvalue weighted by Gasteiger charge is -2.28. The lowest BCUT2D eigenvalue weighted by molar-refractivity contribution is 0.197. The zero-order chi connectivity index (χ0) is 14.7. The van der Waals surface area contributed by atoms with Gasteiger partial charge in [0.05, 0.1) is 7.11 Å². The first-order chi connectivity index (χ1) is 10.3. The standard InChI is InChI=1S/C18H27NO2/c1-21-16-9-5-4-8-15(16)17(14-6-2-3-7-14)19-12-18(13-20)10-11-18/h4-5,8-9,14,17,19-20H,2-3,6-7,10-13H2,1H3. The highest BCUT2D eigenvalue weighted by Crippen LogP contribution is 2.46. The van der Waals surface area contributed by atoms with E-state index in [1.54, 1.807) is 7.11 Å². The summed E-state index contributed by atoms with van der Waals surface area (Å²) in [5.41, 5.74) is 1.43. The minimum absolute atomic E-state index is 0.152. The van der Waals surface area contributed by atoms with Crippen molar-refractivity contribution in [2.75, 3.05) is 20.3 Å². The topological polar surface area (TPSA) is 41.5 Å². The summed E-state index contributed by atoms with van der Waals surface area (Å²) in [7, 11) is 1.75. The molecule has 3 heteroatoms. The van der Waals surface area contributed by atoms with Gasteiger partial charge < -0.3 is 15.2 Å². The third kappa shape index (κ3) is 3.24. The Morgan fingerprint density at radius 1 is 1.29 bits per heavy atom. The molecule has 2 fully saturated rings. The van der Waals surface area contributed by atoms with E-state index in [9.17, 15) is 5.11 Å². The predicted molar refractivity (Wildman–Crippen MR) is 84.4 cm³/mol. The highest BCUT2D eigenvalue weighted by atomic mass is 16.5. The van der Waals surface area contributed by atoms with Gasteiger partial charge in [-0.25, -0.2) is 0 Å². The average molecular weight is 289 g/mol. The zero-order valence-corrected chi connectivity index (χ0v) is 13.0. The SMILES string of the molecule is COc1ccccc1C(NCC1(CO)CC1)C1CCCC1. The van der Waals surface area contributed by atoms with Crippen molar-refractivity contribution in [1.29, 1.82) is 0 Å². The third-order valence-corrected chi connectivity index (χ3v) is 5.33. The summed E-state index contributed by atoms with van der Waals surface area (Å²) in [6.45, 7) is 1.23. The summed E-state index contributed by atoms with van der Waals surface area (Å²) >= 11 is 0. The van der Waals surface area contributed by atoms with Crippen molar-refractivity contribution in [3.05, 3.63) is 29.8 Å². The average Bonchev–Trinajstić information content (AvgIpc) is 3.12. The van der Waals surface area contributed by atoms with Crippen LogP contribution in [0.5, 0.6) is 5.75 Å². The molecular weight excluding hydrogens is 262 g/mol. The zero-order valence-electron chi connectivity index (χ0n) is 13.0. The second-order valence-electron chi connectivity index (χ2n) is 6.80. The van der Waals surface area contributed by atoms with Gasteiger partial charge in [0, 0.05) is 30.2 Å². The van der Waals surface area contributed by atoms with Crippen LogP contribution in [-0.4, -0.2) is 25.4 Å². The number of aliphatic hydroxyl groups is 1. The molecule has 1 unspecified atom stereocenters. The fourth-order valence-electron chi connectivity index (χ4n) is 3.64. The van der Waals surface area contributed by atoms with Crippen molar-refractivity contribution in [2.45, 2.75) is 44.6 Å². The second kappa shape index (κ2) is 6.37. The Morgan fingerprint density at radius 2 is 2.00 bits per heavy atom. The number of para-hydroxylation sites is 1. The third-order valence-electron chi connectivity index (χ3n) is 5.33. The maximum absolute atomic E-state index is 9.54. The van der Waals surface area contributed by atoms with Gasteiger partial charge in [0.25, 0.3) is 0 Å². The normalized spacial score (nSPS) is 22.2. The predicted octanol–water partition coefficient (Wildman–Crippen LogP) is 3.29. The number of hydrogen-bond donors (Lipinski definition) is 2. The van der Waals surface area contributed by atoms with Crippen LogP contribution in [0, 0.1) is 11.3 Å². The first kappa shape index (κ1) is 14.9. The van der Waals surface area contributed by atoms with E-state index in [4.69, 9.17) is 4.74 Å². The van der Waals surface area contributed by atoms with Crippen LogP contribution in [0.3, 0.4) is 0 Å². The molecule has 0 aromatic heterocycles. The summed E-state index contributed by atoms with van der Waals surface area (Å²) in [5, 5.41) is 13.3. The van der Waals surface area contributed by atoms with E-state index >= 15 is 0 Å². The summed E-state index contributed by atoms with van der Waals surface area (Å²) in [6, 6.07) is 8.73. The number of benzene rings is 1. The van der Waals surface area contributed by atoms with E-state index in [2.05, 4.69) is 23.5 Å². The molecule has 3 rings (SSSR count). The van der Waals surface area contributed by atoms with Crippen molar-refractivity contribution in [3.8, 4) is 5.75 Å². The summed E-state index contributed by atoms with van der Waals surface area (Å²) in [4.78, 5) is 0. The van der Waals surface area contributed by atoms with Crippen LogP contribution in [0.25, 0.3) is 0 Å². The number of methoxy groups -OCH3 is 1. The Labute approximate surface area is 127 Å². The lowest BCUT2D eigenvalue weighted by atomic mass is 9.90. The number of hydrogen-bond acceptors (Lipinski definition) is 3. The smallest absolute Gasteiger partial charge is 0.123 e. The molecule has 0 saturated heterocycles. The molecule has 0 radical (unpaired) electrons. The number of rotatable bonds is 7. The van der Waals surface area contributed by atoms with Crippen molar-refractivity contribution < 1.29 is 9.84 Å². The van der Waals surface area contributed by atoms with Crippen LogP contribution < -0.4 is 10.1 Å². The molecule has 2 saturated carbocycles. The van der Waals surface area contributed by atoms with Gasteiger partial charge in [-0.15, -0.1) is 0 Å². The Balaban J connectivity index is 1.78. The van der Waals surface area contributed by atoms with Gasteiger partial charge in [0.15, 0.2) is 0 Å². The first-order valence-corrected chi connectivity index (χ1v) is 8.25. The molecule has 1 aromatic rings. The highest BCUT2D eigenvalue weighted by Gasteiger charge is 2.42. The lowest BCUT2D eigenvalue weighted by Crippen LogP contribution is -2.33. The first-order valence-electron chi connectivity index (χ1n) is 8.25. The maximum atomic E-state index is 9.54. The molecule has 116 valence electrons. The van der Waals surface area contributed by atoms with Crippen LogP contribution in [0.15, 0.2) is 24.3 Å². The highest BCUT2D eigenvalue weighted by molar-refractivity contribution is 5.36. The van der Waals surface area contributed by atoms with Crippen molar-refractivity contribution in [3.63, 3.8) is 0 Å². The summed E-state index contributed by atoms with van der Waals surface area (Å²) in [6.07, 6.45) is 7.57. The van der Waals surface area contributed by atoms with Gasteiger partial charge in [-0.2, -0.15) is 0 Å². The molecule has 2 aliphatic carbocycles. The minimum Gasteiger partial charge on any atom is -0.496 e. The largest absolute Gasteiger partial charge is 0.496 e. The van der Waals surface area contributed by atoms with E-state index in [0.29, 0.717) is 18.6 Å². The van der Waals surface area contributed by atoms with Crippen LogP contribution in [-0.2, 0) is 0 Å². The van der Waals surface area contributed by atoms with E-state index in [1.807, 2.05) is 6.07 Å². The summed E-state index contributed by atoms with van der Waals surface area (Å²) in [5.74, 6) is 1.67. The fourth-order valence-corrected chi connectivity index (χ4v) is 3.64. The van der Waals surface area contributed by atoms with Crippen LogP contribution >= 0.6 is 0 Å². The summed E-state index contributed by atoms with van der Waals surface area (Å²) < 4.78 is 5.57. The van der Waals surface area contributed by atoms with Crippen molar-refractivity contribution >= 4 is 0 Å². The van der Waals surface area contributed by atoms with Gasteiger partial charge in [-0.3, -0.25) is 0 Å². The molecule has 3 nitrogen and oxygen atoms in total. The monoisotopic (exact) mass is 289 g/mol. The number of aliphatic hydroxyl groups excluding tert-OH is 1. The van der Waals surface area contributed by atoms with Crippen LogP contribution in [0.1, 0.15) is 50.1 Å². The Morgan fingerprint density at radius 3 is 2.62 bits per heavy atom. The Bertz CT molecular complexity index is 464.